The first-order valence-corrected chi connectivity index (χ1v) is 9.78. The normalized spacial score (nSPS) is 21.1. The van der Waals surface area contributed by atoms with Crippen LogP contribution in [0.4, 0.5) is 11.4 Å². The topological polar surface area (TPSA) is 69.0 Å². The van der Waals surface area contributed by atoms with Crippen LogP contribution in [0.1, 0.15) is 19.1 Å². The van der Waals surface area contributed by atoms with Crippen molar-refractivity contribution in [1.29, 1.82) is 0 Å². The van der Waals surface area contributed by atoms with E-state index in [9.17, 15) is 9.59 Å². The largest absolute Gasteiger partial charge is 0.468 e. The molecule has 2 aromatic rings. The number of nitrogens with zero attached hydrogens (tertiary/aromatic N) is 3. The molecule has 1 aromatic heterocycles. The van der Waals surface area contributed by atoms with Crippen molar-refractivity contribution in [2.75, 3.05) is 42.9 Å². The number of rotatable bonds is 4. The van der Waals surface area contributed by atoms with E-state index in [1.165, 1.54) is 0 Å². The Labute approximate surface area is 164 Å². The number of nitrogens with one attached hydrogen (secondary N) is 1. The van der Waals surface area contributed by atoms with Gasteiger partial charge in [-0.05, 0) is 31.2 Å². The number of amides is 2. The SMILES string of the molecule is CC1CC(=O)Nc2ccccc2N1C(=O)CN1CCN(Cc2ccco2)CC1. The zero-order valence-electron chi connectivity index (χ0n) is 16.1. The number of para-hydroxylation sites is 2. The molecular weight excluding hydrogens is 356 g/mol. The number of benzene rings is 1. The predicted molar refractivity (Wildman–Crippen MR) is 107 cm³/mol. The lowest BCUT2D eigenvalue weighted by Crippen LogP contribution is -2.51. The van der Waals surface area contributed by atoms with Gasteiger partial charge in [-0.3, -0.25) is 19.4 Å². The highest BCUT2D eigenvalue weighted by atomic mass is 16.3. The molecule has 2 aliphatic rings. The predicted octanol–water partition coefficient (Wildman–Crippen LogP) is 2.16. The van der Waals surface area contributed by atoms with Gasteiger partial charge in [0.2, 0.25) is 11.8 Å². The highest BCUT2D eigenvalue weighted by molar-refractivity contribution is 6.04. The summed E-state index contributed by atoms with van der Waals surface area (Å²) in [5.74, 6) is 0.953. The second-order valence-corrected chi connectivity index (χ2v) is 7.51. The molecule has 1 aromatic carbocycles. The van der Waals surface area contributed by atoms with Crippen LogP contribution in [0.25, 0.3) is 0 Å². The lowest BCUT2D eigenvalue weighted by molar-refractivity contribution is -0.120. The maximum atomic E-state index is 13.2. The van der Waals surface area contributed by atoms with Crippen LogP contribution in [-0.2, 0) is 16.1 Å². The van der Waals surface area contributed by atoms with E-state index >= 15 is 0 Å². The van der Waals surface area contributed by atoms with Gasteiger partial charge in [-0.15, -0.1) is 0 Å². The van der Waals surface area contributed by atoms with E-state index in [2.05, 4.69) is 15.1 Å². The number of carbonyl (C=O) groups is 2. The van der Waals surface area contributed by atoms with Crippen LogP contribution in [0, 0.1) is 0 Å². The first-order chi connectivity index (χ1) is 13.6. The summed E-state index contributed by atoms with van der Waals surface area (Å²) >= 11 is 0. The number of hydrogen-bond acceptors (Lipinski definition) is 5. The molecule has 0 radical (unpaired) electrons. The fourth-order valence-electron chi connectivity index (χ4n) is 3.96. The van der Waals surface area contributed by atoms with Crippen molar-refractivity contribution in [2.45, 2.75) is 25.9 Å². The Balaban J connectivity index is 1.39. The van der Waals surface area contributed by atoms with Gasteiger partial charge in [0.25, 0.3) is 0 Å². The third kappa shape index (κ3) is 4.10. The third-order valence-corrected chi connectivity index (χ3v) is 5.41. The molecule has 0 aliphatic carbocycles. The van der Waals surface area contributed by atoms with Crippen molar-refractivity contribution in [3.8, 4) is 0 Å². The Morgan fingerprint density at radius 1 is 1.11 bits per heavy atom. The first-order valence-electron chi connectivity index (χ1n) is 9.78. The molecule has 28 heavy (non-hydrogen) atoms. The van der Waals surface area contributed by atoms with Crippen molar-refractivity contribution < 1.29 is 14.0 Å². The van der Waals surface area contributed by atoms with Crippen LogP contribution >= 0.6 is 0 Å². The number of hydrogen-bond donors (Lipinski definition) is 1. The molecule has 1 atom stereocenters. The van der Waals surface area contributed by atoms with Crippen LogP contribution in [0.2, 0.25) is 0 Å². The fraction of sp³-hybridized carbons (Fsp3) is 0.429. The molecule has 0 spiro atoms. The van der Waals surface area contributed by atoms with Crippen molar-refractivity contribution in [1.82, 2.24) is 9.80 Å². The Morgan fingerprint density at radius 3 is 2.61 bits per heavy atom. The number of furan rings is 1. The van der Waals surface area contributed by atoms with Gasteiger partial charge in [-0.1, -0.05) is 12.1 Å². The summed E-state index contributed by atoms with van der Waals surface area (Å²) in [4.78, 5) is 31.6. The number of fused-ring (bicyclic) bond motifs is 1. The molecule has 2 amide bonds. The van der Waals surface area contributed by atoms with E-state index in [0.717, 1.165) is 44.2 Å². The summed E-state index contributed by atoms with van der Waals surface area (Å²) in [5, 5.41) is 2.91. The molecule has 0 bridgehead atoms. The molecule has 1 N–H and O–H groups in total. The molecule has 148 valence electrons. The highest BCUT2D eigenvalue weighted by Crippen LogP contribution is 2.31. The second-order valence-electron chi connectivity index (χ2n) is 7.51. The van der Waals surface area contributed by atoms with Crippen LogP contribution in [0.15, 0.2) is 47.1 Å². The van der Waals surface area contributed by atoms with E-state index in [-0.39, 0.29) is 17.9 Å². The minimum atomic E-state index is -0.170. The van der Waals surface area contributed by atoms with Crippen molar-refractivity contribution in [2.24, 2.45) is 0 Å². The molecular formula is C21H26N4O3. The van der Waals surface area contributed by atoms with Gasteiger partial charge in [0, 0.05) is 38.6 Å². The van der Waals surface area contributed by atoms with E-state index in [1.54, 1.807) is 11.2 Å². The summed E-state index contributed by atoms with van der Waals surface area (Å²) in [6.07, 6.45) is 2.00. The van der Waals surface area contributed by atoms with Gasteiger partial charge in [0.05, 0.1) is 30.7 Å². The molecule has 7 heteroatoms. The quantitative estimate of drug-likeness (QED) is 0.878. The van der Waals surface area contributed by atoms with Crippen LogP contribution < -0.4 is 10.2 Å². The standard InChI is InChI=1S/C21H26N4O3/c1-16-13-20(26)22-18-6-2-3-7-19(18)25(16)21(27)15-24-10-8-23(9-11-24)14-17-5-4-12-28-17/h2-7,12,16H,8-11,13-15H2,1H3,(H,22,26). The molecule has 0 saturated carbocycles. The molecule has 2 aliphatic heterocycles. The van der Waals surface area contributed by atoms with Crippen LogP contribution in [0.5, 0.6) is 0 Å². The average molecular weight is 382 g/mol. The van der Waals surface area contributed by atoms with Crippen molar-refractivity contribution in [3.63, 3.8) is 0 Å². The van der Waals surface area contributed by atoms with E-state index in [4.69, 9.17) is 4.42 Å². The zero-order chi connectivity index (χ0) is 19.5. The van der Waals surface area contributed by atoms with Gasteiger partial charge in [0.1, 0.15) is 5.76 Å². The third-order valence-electron chi connectivity index (χ3n) is 5.41. The van der Waals surface area contributed by atoms with Gasteiger partial charge in [-0.25, -0.2) is 0 Å². The smallest absolute Gasteiger partial charge is 0.241 e. The summed E-state index contributed by atoms with van der Waals surface area (Å²) < 4.78 is 5.42. The van der Waals surface area contributed by atoms with Crippen molar-refractivity contribution >= 4 is 23.2 Å². The summed E-state index contributed by atoms with van der Waals surface area (Å²) in [6, 6.07) is 11.2. The molecule has 1 unspecified atom stereocenters. The van der Waals surface area contributed by atoms with Gasteiger partial charge in [-0.2, -0.15) is 0 Å². The average Bonchev–Trinajstić information content (AvgIpc) is 3.13. The lowest BCUT2D eigenvalue weighted by atomic mass is 10.1. The molecule has 1 saturated heterocycles. The van der Waals surface area contributed by atoms with Gasteiger partial charge >= 0.3 is 0 Å². The van der Waals surface area contributed by atoms with E-state index in [1.807, 2.05) is 43.3 Å². The Bertz CT molecular complexity index is 828. The Hall–Kier alpha value is -2.64. The monoisotopic (exact) mass is 382 g/mol. The summed E-state index contributed by atoms with van der Waals surface area (Å²) in [7, 11) is 0. The minimum absolute atomic E-state index is 0.0379. The molecule has 1 fully saturated rings. The lowest BCUT2D eigenvalue weighted by Gasteiger charge is -2.36. The Kier molecular flexibility index (Phi) is 5.45. The van der Waals surface area contributed by atoms with Crippen LogP contribution in [-0.4, -0.2) is 60.4 Å². The van der Waals surface area contributed by atoms with Crippen LogP contribution in [0.3, 0.4) is 0 Å². The minimum Gasteiger partial charge on any atom is -0.468 e. The summed E-state index contributed by atoms with van der Waals surface area (Å²) in [5.41, 5.74) is 1.48. The maximum Gasteiger partial charge on any atom is 0.241 e. The molecule has 4 rings (SSSR count). The maximum absolute atomic E-state index is 13.2. The Morgan fingerprint density at radius 2 is 1.86 bits per heavy atom. The molecule has 3 heterocycles. The summed E-state index contributed by atoms with van der Waals surface area (Å²) in [6.45, 7) is 6.59. The number of piperazine rings is 1. The van der Waals surface area contributed by atoms with E-state index in [0.29, 0.717) is 18.7 Å². The number of carbonyl (C=O) groups excluding carboxylic acids is 2. The van der Waals surface area contributed by atoms with E-state index < -0.39 is 0 Å². The highest BCUT2D eigenvalue weighted by Gasteiger charge is 2.31. The van der Waals surface area contributed by atoms with Gasteiger partial charge in [0.15, 0.2) is 0 Å². The fourth-order valence-corrected chi connectivity index (χ4v) is 3.96. The van der Waals surface area contributed by atoms with Crippen molar-refractivity contribution in [3.05, 3.63) is 48.4 Å². The first kappa shape index (κ1) is 18.7. The number of anilines is 2. The van der Waals surface area contributed by atoms with Gasteiger partial charge < -0.3 is 14.6 Å². The molecule has 7 nitrogen and oxygen atoms in total. The second kappa shape index (κ2) is 8.16. The zero-order valence-corrected chi connectivity index (χ0v) is 16.1.